The van der Waals surface area contributed by atoms with Gasteiger partial charge in [0.2, 0.25) is 11.8 Å². The number of carbonyl (C=O) groups is 3. The molecule has 2 saturated carbocycles. The van der Waals surface area contributed by atoms with Crippen LogP contribution in [0.25, 0.3) is 21.6 Å². The van der Waals surface area contributed by atoms with Crippen molar-refractivity contribution in [3.8, 4) is 22.2 Å². The SMILES string of the molecule is CCC(=O)[C@@]12C[C@H]1/C=C\CCCCN(C)C(=O)[C@@H]1C[C@H](Oc3cc(-c4nc(C(C)C)cs4)nc4c(C)c(OC)ccc34)C[C@H]1C(=O)N2. The van der Waals surface area contributed by atoms with Crippen LogP contribution < -0.4 is 14.8 Å². The van der Waals surface area contributed by atoms with Crippen LogP contribution in [0.5, 0.6) is 11.5 Å². The van der Waals surface area contributed by atoms with Gasteiger partial charge in [0, 0.05) is 48.3 Å². The minimum Gasteiger partial charge on any atom is -0.496 e. The summed E-state index contributed by atoms with van der Waals surface area (Å²) >= 11 is 1.55. The molecular formula is C37H46N4O5S. The van der Waals surface area contributed by atoms with Crippen LogP contribution in [0.15, 0.2) is 35.7 Å². The smallest absolute Gasteiger partial charge is 0.226 e. The Kier molecular flexibility index (Phi) is 9.43. The summed E-state index contributed by atoms with van der Waals surface area (Å²) in [5, 5.41) is 6.86. The van der Waals surface area contributed by atoms with E-state index >= 15 is 0 Å². The fraction of sp³-hybridized carbons (Fsp3) is 0.541. The van der Waals surface area contributed by atoms with Gasteiger partial charge in [-0.15, -0.1) is 11.3 Å². The Labute approximate surface area is 281 Å². The largest absolute Gasteiger partial charge is 0.496 e. The monoisotopic (exact) mass is 658 g/mol. The molecule has 1 aliphatic heterocycles. The van der Waals surface area contributed by atoms with Gasteiger partial charge in [-0.2, -0.15) is 0 Å². The van der Waals surface area contributed by atoms with Gasteiger partial charge in [0.15, 0.2) is 5.78 Å². The molecule has 1 aromatic carbocycles. The molecule has 250 valence electrons. The first-order valence-electron chi connectivity index (χ1n) is 16.9. The topological polar surface area (TPSA) is 111 Å². The van der Waals surface area contributed by atoms with Gasteiger partial charge in [0.05, 0.1) is 30.2 Å². The van der Waals surface area contributed by atoms with Gasteiger partial charge in [-0.05, 0) is 63.5 Å². The van der Waals surface area contributed by atoms with E-state index in [2.05, 4.69) is 36.7 Å². The molecule has 3 heterocycles. The fourth-order valence-electron chi connectivity index (χ4n) is 7.25. The second-order valence-corrected chi connectivity index (χ2v) is 14.5. The van der Waals surface area contributed by atoms with E-state index in [4.69, 9.17) is 19.4 Å². The zero-order valence-corrected chi connectivity index (χ0v) is 29.1. The molecule has 10 heteroatoms. The number of ketones is 1. The maximum absolute atomic E-state index is 14.1. The highest BCUT2D eigenvalue weighted by Gasteiger charge is 2.59. The Balaban J connectivity index is 1.35. The molecule has 2 aromatic heterocycles. The summed E-state index contributed by atoms with van der Waals surface area (Å²) in [5.74, 6) is 0.272. The lowest BCUT2D eigenvalue weighted by molar-refractivity contribution is -0.140. The van der Waals surface area contributed by atoms with Gasteiger partial charge < -0.3 is 19.7 Å². The molecule has 0 saturated heterocycles. The predicted molar refractivity (Wildman–Crippen MR) is 184 cm³/mol. The minimum absolute atomic E-state index is 0.00368. The summed E-state index contributed by atoms with van der Waals surface area (Å²) in [6.07, 6.45) is 8.29. The molecule has 1 N–H and O–H groups in total. The van der Waals surface area contributed by atoms with Crippen molar-refractivity contribution in [1.82, 2.24) is 20.2 Å². The molecule has 47 heavy (non-hydrogen) atoms. The van der Waals surface area contributed by atoms with Crippen LogP contribution in [-0.2, 0) is 14.4 Å². The van der Waals surface area contributed by atoms with Crippen molar-refractivity contribution >= 4 is 39.8 Å². The third-order valence-corrected chi connectivity index (χ3v) is 11.1. The Bertz CT molecular complexity index is 1720. The summed E-state index contributed by atoms with van der Waals surface area (Å²) < 4.78 is 12.4. The predicted octanol–water partition coefficient (Wildman–Crippen LogP) is 6.62. The standard InChI is InChI=1S/C37H46N4O5S/c1-7-32(42)37-19-23(37)12-10-8-9-11-15-41(5)36(44)27-17-24(16-26(27)34(43)40-37)46-31-18-28(35-39-29(20-47-35)21(2)3)38-33-22(4)30(45-6)14-13-25(31)33/h10,12-14,18,20-21,23-24,26-27H,7-9,11,15-17,19H2,1-6H3,(H,40,43)/b12-10-/t23-,24-,26-,27-,37-/m1/s1. The number of pyridine rings is 1. The lowest BCUT2D eigenvalue weighted by atomic mass is 9.92. The van der Waals surface area contributed by atoms with Crippen molar-refractivity contribution in [1.29, 1.82) is 0 Å². The van der Waals surface area contributed by atoms with E-state index in [1.54, 1.807) is 23.3 Å². The third kappa shape index (κ3) is 6.41. The van der Waals surface area contributed by atoms with Crippen molar-refractivity contribution in [2.24, 2.45) is 17.8 Å². The van der Waals surface area contributed by atoms with Crippen molar-refractivity contribution in [3.05, 3.63) is 47.0 Å². The third-order valence-electron chi connectivity index (χ3n) is 10.2. The quantitative estimate of drug-likeness (QED) is 0.284. The van der Waals surface area contributed by atoms with Crippen LogP contribution in [-0.4, -0.2) is 64.8 Å². The summed E-state index contributed by atoms with van der Waals surface area (Å²) in [4.78, 5) is 52.7. The maximum atomic E-state index is 14.1. The van der Waals surface area contributed by atoms with E-state index in [0.717, 1.165) is 52.2 Å². The van der Waals surface area contributed by atoms with Gasteiger partial charge in [0.1, 0.15) is 33.8 Å². The summed E-state index contributed by atoms with van der Waals surface area (Å²) in [6, 6.07) is 5.79. The van der Waals surface area contributed by atoms with Gasteiger partial charge in [-0.25, -0.2) is 9.97 Å². The number of ether oxygens (including phenoxy) is 2. The van der Waals surface area contributed by atoms with Crippen LogP contribution in [0.1, 0.15) is 82.9 Å². The molecular weight excluding hydrogens is 612 g/mol. The van der Waals surface area contributed by atoms with Gasteiger partial charge >= 0.3 is 0 Å². The first-order chi connectivity index (χ1) is 22.6. The Morgan fingerprint density at radius 2 is 1.94 bits per heavy atom. The van der Waals surface area contributed by atoms with E-state index in [1.807, 2.05) is 39.1 Å². The van der Waals surface area contributed by atoms with E-state index in [9.17, 15) is 14.4 Å². The molecule has 0 bridgehead atoms. The first-order valence-corrected chi connectivity index (χ1v) is 17.8. The van der Waals surface area contributed by atoms with Crippen LogP contribution in [0.3, 0.4) is 0 Å². The molecule has 2 fully saturated rings. The number of allylic oxidation sites excluding steroid dienone is 1. The number of rotatable bonds is 7. The van der Waals surface area contributed by atoms with Crippen LogP contribution in [0.4, 0.5) is 0 Å². The molecule has 0 radical (unpaired) electrons. The Morgan fingerprint density at radius 1 is 1.15 bits per heavy atom. The second-order valence-electron chi connectivity index (χ2n) is 13.7. The van der Waals surface area contributed by atoms with E-state index in [0.29, 0.717) is 49.6 Å². The molecule has 3 aromatic rings. The summed E-state index contributed by atoms with van der Waals surface area (Å²) in [5.41, 5.74) is 2.50. The minimum atomic E-state index is -0.875. The molecule has 3 aliphatic rings. The average molecular weight is 659 g/mol. The highest BCUT2D eigenvalue weighted by Crippen LogP contribution is 2.48. The number of aryl methyl sites for hydroxylation is 1. The molecule has 6 rings (SSSR count). The maximum Gasteiger partial charge on any atom is 0.226 e. The number of nitrogens with zero attached hydrogens (tertiary/aromatic N) is 3. The van der Waals surface area contributed by atoms with E-state index < -0.39 is 17.4 Å². The van der Waals surface area contributed by atoms with Gasteiger partial charge in [-0.1, -0.05) is 32.9 Å². The second kappa shape index (κ2) is 13.4. The zero-order chi connectivity index (χ0) is 33.5. The number of nitrogens with one attached hydrogen (secondary N) is 1. The van der Waals surface area contributed by atoms with E-state index in [1.165, 1.54) is 0 Å². The highest BCUT2D eigenvalue weighted by molar-refractivity contribution is 7.13. The lowest BCUT2D eigenvalue weighted by Gasteiger charge is -2.26. The fourth-order valence-corrected chi connectivity index (χ4v) is 8.19. The van der Waals surface area contributed by atoms with Crippen LogP contribution in [0.2, 0.25) is 0 Å². The number of fused-ring (bicyclic) bond motifs is 3. The van der Waals surface area contributed by atoms with Gasteiger partial charge in [0.25, 0.3) is 0 Å². The summed E-state index contributed by atoms with van der Waals surface area (Å²) in [7, 11) is 3.47. The van der Waals surface area contributed by atoms with Crippen molar-refractivity contribution in [2.45, 2.75) is 90.2 Å². The summed E-state index contributed by atoms with van der Waals surface area (Å²) in [6.45, 7) is 8.69. The zero-order valence-electron chi connectivity index (χ0n) is 28.3. The molecule has 0 unspecified atom stereocenters. The number of hydrogen-bond donors (Lipinski definition) is 1. The number of hydrogen-bond acceptors (Lipinski definition) is 8. The van der Waals surface area contributed by atoms with Crippen LogP contribution in [0, 0.1) is 24.7 Å². The number of methoxy groups -OCH3 is 1. The average Bonchev–Trinajstić information content (AvgIpc) is 3.37. The number of amides is 2. The lowest BCUT2D eigenvalue weighted by Crippen LogP contribution is -2.49. The Morgan fingerprint density at radius 3 is 2.66 bits per heavy atom. The van der Waals surface area contributed by atoms with Crippen molar-refractivity contribution < 1.29 is 23.9 Å². The number of carbonyl (C=O) groups excluding carboxylic acids is 3. The van der Waals surface area contributed by atoms with Crippen LogP contribution >= 0.6 is 11.3 Å². The molecule has 0 spiro atoms. The molecule has 2 amide bonds. The first kappa shape index (κ1) is 33.1. The van der Waals surface area contributed by atoms with Gasteiger partial charge in [-0.3, -0.25) is 14.4 Å². The Hall–Kier alpha value is -3.79. The number of thiazole rings is 1. The van der Waals surface area contributed by atoms with E-state index in [-0.39, 0.29) is 29.6 Å². The highest BCUT2D eigenvalue weighted by atomic mass is 32.1. The number of aromatic nitrogens is 2. The number of Topliss-reactive ketones (excluding diaryl/α,β-unsaturated/α-hetero) is 1. The number of benzene rings is 1. The molecule has 5 atom stereocenters. The normalized spacial score (nSPS) is 27.2. The van der Waals surface area contributed by atoms with Crippen molar-refractivity contribution in [3.63, 3.8) is 0 Å². The molecule has 9 nitrogen and oxygen atoms in total. The van der Waals surface area contributed by atoms with Crippen molar-refractivity contribution in [2.75, 3.05) is 20.7 Å². The molecule has 2 aliphatic carbocycles.